The molecule has 5 heterocycles. The zero-order valence-electron chi connectivity index (χ0n) is 32.1. The zero-order valence-corrected chi connectivity index (χ0v) is 36.4. The largest absolute Gasteiger partial charge is 0.354 e. The molecule has 0 saturated carbocycles. The van der Waals surface area contributed by atoms with E-state index >= 15 is 43.9 Å². The summed E-state index contributed by atoms with van der Waals surface area (Å²) in [4.78, 5) is 13.2. The number of halogens is 20. The topological polar surface area (TPSA) is 57.4 Å². The summed E-state index contributed by atoms with van der Waals surface area (Å²) >= 11 is 2.08. The van der Waals surface area contributed by atoms with Gasteiger partial charge >= 0.3 is 0 Å². The number of nitrogens with one attached hydrogen (secondary N) is 2. The van der Waals surface area contributed by atoms with E-state index < -0.39 is 201 Å². The van der Waals surface area contributed by atoms with Gasteiger partial charge < -0.3 is 9.97 Å². The van der Waals surface area contributed by atoms with Crippen molar-refractivity contribution < 1.29 is 79.0 Å². The van der Waals surface area contributed by atoms with Crippen molar-refractivity contribution in [1.82, 2.24) is 19.9 Å². The third-order valence-electron chi connectivity index (χ3n) is 10.6. The van der Waals surface area contributed by atoms with Gasteiger partial charge in [0, 0.05) is 55.4 Å². The zero-order chi connectivity index (χ0) is 49.3. The molecule has 0 fully saturated rings. The summed E-state index contributed by atoms with van der Waals surface area (Å²) in [5.74, 6) is -43.1. The van der Waals surface area contributed by atoms with Crippen LogP contribution in [-0.4, -0.2) is 19.9 Å². The van der Waals surface area contributed by atoms with Crippen molar-refractivity contribution >= 4 is 91.6 Å². The number of aromatic nitrogens is 4. The average Bonchev–Trinajstić information content (AvgIpc) is 4.18. The molecule has 0 aliphatic carbocycles. The van der Waals surface area contributed by atoms with Crippen LogP contribution in [0.15, 0.2) is 24.3 Å². The Kier molecular flexibility index (Phi) is 11.5. The first-order valence-corrected chi connectivity index (χ1v) is 20.5. The molecular weight excluding hydrogens is 1180 g/mol. The van der Waals surface area contributed by atoms with Crippen molar-refractivity contribution in [2.75, 3.05) is 0 Å². The van der Waals surface area contributed by atoms with Gasteiger partial charge in [-0.25, -0.2) is 89.0 Å². The van der Waals surface area contributed by atoms with Crippen molar-refractivity contribution in [1.29, 1.82) is 0 Å². The van der Waals surface area contributed by atoms with Crippen LogP contribution in [0.5, 0.6) is 0 Å². The molecule has 0 saturated heterocycles. The standard InChI is InChI=1S/C44H10F18I2N4/c45-25-21(26(46)32(52)37(57)31(25)51)17-9-1-5-13(65-9)19(23-29(49)35(55)39(59)41(61)43(23)63)14-7-3-11(67-14)18(22-27(47)33(53)38(58)34(54)28(22)48)12-4-8-16(68-12)20(15-6-2-10(17)66-15)24-30(50)36(56)40(60)42(62)44(24)64/h1-8,65,68H. The molecule has 0 amide bonds. The maximum absolute atomic E-state index is 16.0. The molecular formula is C44H10F18I2N4. The number of hydrogen-bond donors (Lipinski definition) is 2. The van der Waals surface area contributed by atoms with E-state index in [2.05, 4.69) is 19.9 Å². The van der Waals surface area contributed by atoms with E-state index in [4.69, 9.17) is 0 Å². The predicted octanol–water partition coefficient (Wildman–Crippen LogP) is 15.0. The highest BCUT2D eigenvalue weighted by molar-refractivity contribution is 14.1. The lowest BCUT2D eigenvalue weighted by molar-refractivity contribution is 0.381. The highest BCUT2D eigenvalue weighted by Gasteiger charge is 2.34. The summed E-state index contributed by atoms with van der Waals surface area (Å²) in [7, 11) is 0. The molecule has 24 heteroatoms. The molecule has 346 valence electrons. The van der Waals surface area contributed by atoms with Crippen LogP contribution in [0, 0.1) is 112 Å². The second-order valence-corrected chi connectivity index (χ2v) is 16.4. The van der Waals surface area contributed by atoms with Crippen LogP contribution in [0.3, 0.4) is 0 Å². The Hall–Kier alpha value is -6.32. The van der Waals surface area contributed by atoms with E-state index in [0.717, 1.165) is 93.8 Å². The van der Waals surface area contributed by atoms with Crippen LogP contribution in [0.2, 0.25) is 0 Å². The lowest BCUT2D eigenvalue weighted by Crippen LogP contribution is -2.06. The Morgan fingerprint density at radius 1 is 0.250 bits per heavy atom. The van der Waals surface area contributed by atoms with Crippen LogP contribution in [0.4, 0.5) is 79.0 Å². The Balaban J connectivity index is 1.60. The van der Waals surface area contributed by atoms with Crippen LogP contribution in [-0.2, 0) is 0 Å². The van der Waals surface area contributed by atoms with Gasteiger partial charge in [-0.15, -0.1) is 0 Å². The van der Waals surface area contributed by atoms with E-state index in [0.29, 0.717) is 0 Å². The second kappa shape index (κ2) is 16.7. The Labute approximate surface area is 392 Å². The van der Waals surface area contributed by atoms with Crippen LogP contribution in [0.25, 0.3) is 90.9 Å². The van der Waals surface area contributed by atoms with Crippen LogP contribution in [0.1, 0.15) is 22.8 Å². The van der Waals surface area contributed by atoms with Crippen molar-refractivity contribution in [2.45, 2.75) is 0 Å². The Morgan fingerprint density at radius 3 is 0.691 bits per heavy atom. The third kappa shape index (κ3) is 6.81. The minimum absolute atomic E-state index is 0.659. The first kappa shape index (κ1) is 46.8. The minimum atomic E-state index is -2.63. The van der Waals surface area contributed by atoms with Gasteiger partial charge in [0.2, 0.25) is 11.6 Å². The smallest absolute Gasteiger partial charge is 0.200 e. The van der Waals surface area contributed by atoms with Crippen molar-refractivity contribution in [3.05, 3.63) is 159 Å². The summed E-state index contributed by atoms with van der Waals surface area (Å²) < 4.78 is 272. The summed E-state index contributed by atoms with van der Waals surface area (Å²) in [6, 6.07) is 3.29. The highest BCUT2D eigenvalue weighted by atomic mass is 127. The predicted molar refractivity (Wildman–Crippen MR) is 225 cm³/mol. The number of H-pyrrole nitrogens is 2. The van der Waals surface area contributed by atoms with Gasteiger partial charge in [-0.2, -0.15) is 0 Å². The summed E-state index contributed by atoms with van der Waals surface area (Å²) in [5, 5.41) is 0. The normalized spacial score (nSPS) is 12.3. The number of rotatable bonds is 4. The molecule has 2 aliphatic heterocycles. The van der Waals surface area contributed by atoms with Crippen molar-refractivity contribution in [3.8, 4) is 44.5 Å². The van der Waals surface area contributed by atoms with E-state index in [1.807, 2.05) is 0 Å². The van der Waals surface area contributed by atoms with Gasteiger partial charge in [-0.1, -0.05) is 0 Å². The van der Waals surface area contributed by atoms with Gasteiger partial charge in [-0.05, 0) is 93.8 Å². The molecule has 0 radical (unpaired) electrons. The molecule has 4 aromatic carbocycles. The molecule has 8 bridgehead atoms. The van der Waals surface area contributed by atoms with E-state index in [-0.39, 0.29) is 0 Å². The first-order valence-electron chi connectivity index (χ1n) is 18.3. The number of benzene rings is 4. The summed E-state index contributed by atoms with van der Waals surface area (Å²) in [6.07, 6.45) is 3.18. The molecule has 2 N–H and O–H groups in total. The fraction of sp³-hybridized carbons (Fsp3) is 0. The number of fused-ring (bicyclic) bond motifs is 8. The first-order chi connectivity index (χ1) is 32.1. The lowest BCUT2D eigenvalue weighted by atomic mass is 10.0. The average molecular weight is 1190 g/mol. The number of aromatic amines is 2. The van der Waals surface area contributed by atoms with E-state index in [1.165, 1.54) is 0 Å². The maximum Gasteiger partial charge on any atom is 0.200 e. The molecule has 7 aromatic rings. The van der Waals surface area contributed by atoms with Gasteiger partial charge in [0.1, 0.15) is 0 Å². The fourth-order valence-corrected chi connectivity index (χ4v) is 9.04. The molecule has 4 nitrogen and oxygen atoms in total. The quantitative estimate of drug-likeness (QED) is 0.0798. The third-order valence-corrected chi connectivity index (χ3v) is 12.6. The van der Waals surface area contributed by atoms with E-state index in [1.54, 1.807) is 0 Å². The monoisotopic (exact) mass is 1190 g/mol. The lowest BCUT2D eigenvalue weighted by Gasteiger charge is -2.12. The Bertz CT molecular complexity index is 3130. The van der Waals surface area contributed by atoms with E-state index in [9.17, 15) is 35.1 Å². The Morgan fingerprint density at radius 2 is 0.441 bits per heavy atom. The maximum atomic E-state index is 16.0. The number of nitrogens with zero attached hydrogens (tertiary/aromatic N) is 2. The second-order valence-electron chi connectivity index (χ2n) is 14.3. The minimum Gasteiger partial charge on any atom is -0.354 e. The molecule has 2 aliphatic rings. The van der Waals surface area contributed by atoms with Gasteiger partial charge in [0.15, 0.2) is 93.1 Å². The van der Waals surface area contributed by atoms with Crippen LogP contribution < -0.4 is 0 Å². The number of hydrogen-bond acceptors (Lipinski definition) is 2. The molecule has 0 spiro atoms. The SMILES string of the molecule is Fc1c(F)c(F)c(-c2c3nc(c(-c4c(F)c(F)c(F)c(F)c4I)c4ccc([nH]4)c(-c4c(F)c(F)c(F)c(F)c4F)c4nc(c(-c5c(F)c(F)c(F)c(F)c5I)c5ccc2[nH]5)C=C4)C=C3)c(F)c1F. The van der Waals surface area contributed by atoms with Crippen molar-refractivity contribution in [2.24, 2.45) is 0 Å². The van der Waals surface area contributed by atoms with Crippen molar-refractivity contribution in [3.63, 3.8) is 0 Å². The fourth-order valence-electron chi connectivity index (χ4n) is 7.56. The molecule has 9 rings (SSSR count). The molecule has 3 aromatic heterocycles. The summed E-state index contributed by atoms with van der Waals surface area (Å²) in [6.45, 7) is 0. The summed E-state index contributed by atoms with van der Waals surface area (Å²) in [5.41, 5.74) is -15.7. The molecule has 68 heavy (non-hydrogen) atoms. The van der Waals surface area contributed by atoms with Gasteiger partial charge in [0.25, 0.3) is 0 Å². The van der Waals surface area contributed by atoms with Crippen LogP contribution >= 0.6 is 45.2 Å². The van der Waals surface area contributed by atoms with Gasteiger partial charge in [-0.3, -0.25) is 0 Å². The molecule has 0 atom stereocenters. The highest BCUT2D eigenvalue weighted by Crippen LogP contribution is 2.45. The molecule has 0 unspecified atom stereocenters. The van der Waals surface area contributed by atoms with Gasteiger partial charge in [0.05, 0.1) is 41.0 Å².